The fourth-order valence-electron chi connectivity index (χ4n) is 2.16. The molecule has 1 saturated heterocycles. The second kappa shape index (κ2) is 6.10. The number of rotatable bonds is 3. The van der Waals surface area contributed by atoms with E-state index < -0.39 is 0 Å². The molecule has 4 nitrogen and oxygen atoms in total. The van der Waals surface area contributed by atoms with Gasteiger partial charge < -0.3 is 14.7 Å². The van der Waals surface area contributed by atoms with E-state index in [0.717, 1.165) is 10.6 Å². The number of nitriles is 1. The maximum Gasteiger partial charge on any atom is 0.103 e. The number of thioether (sulfide) groups is 1. The lowest BCUT2D eigenvalue weighted by atomic mass is 10.1. The van der Waals surface area contributed by atoms with Crippen LogP contribution in [0.5, 0.6) is 0 Å². The average Bonchev–Trinajstić information content (AvgIpc) is 2.46. The maximum absolute atomic E-state index is 9.40. The average molecular weight is 264 g/mol. The van der Waals surface area contributed by atoms with Crippen molar-refractivity contribution < 1.29 is 9.84 Å². The van der Waals surface area contributed by atoms with Crippen LogP contribution in [0.4, 0.5) is 5.69 Å². The van der Waals surface area contributed by atoms with Crippen LogP contribution in [0.3, 0.4) is 0 Å². The summed E-state index contributed by atoms with van der Waals surface area (Å²) in [6.45, 7) is 1.88. The fraction of sp³-hybridized carbons (Fsp3) is 0.462. The van der Waals surface area contributed by atoms with Crippen molar-refractivity contribution in [2.24, 2.45) is 0 Å². The molecule has 0 bridgehead atoms. The van der Waals surface area contributed by atoms with Crippen LogP contribution in [0, 0.1) is 11.3 Å². The van der Waals surface area contributed by atoms with Crippen LogP contribution in [0.15, 0.2) is 23.1 Å². The Hall–Kier alpha value is -1.22. The highest BCUT2D eigenvalue weighted by Gasteiger charge is 2.25. The molecule has 1 aromatic rings. The molecule has 0 amide bonds. The van der Waals surface area contributed by atoms with Crippen LogP contribution in [0.1, 0.15) is 5.56 Å². The van der Waals surface area contributed by atoms with Gasteiger partial charge in [-0.15, -0.1) is 11.8 Å². The van der Waals surface area contributed by atoms with Gasteiger partial charge in [0.1, 0.15) is 6.07 Å². The quantitative estimate of drug-likeness (QED) is 0.838. The van der Waals surface area contributed by atoms with E-state index in [2.05, 4.69) is 11.0 Å². The van der Waals surface area contributed by atoms with Crippen molar-refractivity contribution in [1.29, 1.82) is 5.26 Å². The molecule has 18 heavy (non-hydrogen) atoms. The zero-order chi connectivity index (χ0) is 13.0. The number of benzene rings is 1. The molecular weight excluding hydrogens is 248 g/mol. The Morgan fingerprint density at radius 1 is 1.61 bits per heavy atom. The lowest BCUT2D eigenvalue weighted by molar-refractivity contribution is 0.0727. The minimum Gasteiger partial charge on any atom is -0.394 e. The first-order valence-corrected chi connectivity index (χ1v) is 7.06. The number of aliphatic hydroxyl groups excluding tert-OH is 1. The number of anilines is 1. The van der Waals surface area contributed by atoms with Gasteiger partial charge in [-0.2, -0.15) is 5.26 Å². The largest absolute Gasteiger partial charge is 0.394 e. The third kappa shape index (κ3) is 2.46. The monoisotopic (exact) mass is 264 g/mol. The predicted octanol–water partition coefficient (Wildman–Crippen LogP) is 1.48. The third-order valence-electron chi connectivity index (χ3n) is 3.08. The Bertz CT molecular complexity index is 459. The molecule has 1 fully saturated rings. The van der Waals surface area contributed by atoms with Gasteiger partial charge in [0.25, 0.3) is 0 Å². The van der Waals surface area contributed by atoms with Crippen molar-refractivity contribution in [1.82, 2.24) is 0 Å². The molecule has 0 aliphatic carbocycles. The number of aliphatic hydroxyl groups is 1. The lowest BCUT2D eigenvalue weighted by Gasteiger charge is -2.37. The molecule has 1 heterocycles. The van der Waals surface area contributed by atoms with Crippen LogP contribution >= 0.6 is 11.8 Å². The Balaban J connectivity index is 2.40. The van der Waals surface area contributed by atoms with Crippen LogP contribution in [-0.4, -0.2) is 43.8 Å². The molecule has 5 heteroatoms. The van der Waals surface area contributed by atoms with Crippen molar-refractivity contribution in [3.63, 3.8) is 0 Å². The topological polar surface area (TPSA) is 56.5 Å². The normalized spacial score (nSPS) is 19.6. The standard InChI is InChI=1S/C13H16N2O2S/c1-18-13-4-2-3-12(11(13)7-14)15-5-6-17-9-10(15)8-16/h2-4,10,16H,5-6,8-9H2,1H3. The van der Waals surface area contributed by atoms with E-state index in [1.165, 1.54) is 0 Å². The molecule has 1 aromatic carbocycles. The second-order valence-electron chi connectivity index (χ2n) is 4.07. The molecule has 1 N–H and O–H groups in total. The summed E-state index contributed by atoms with van der Waals surface area (Å²) in [5.74, 6) is 0. The fourth-order valence-corrected chi connectivity index (χ4v) is 2.73. The van der Waals surface area contributed by atoms with Gasteiger partial charge in [-0.25, -0.2) is 0 Å². The van der Waals surface area contributed by atoms with Crippen molar-refractivity contribution in [3.05, 3.63) is 23.8 Å². The smallest absolute Gasteiger partial charge is 0.103 e. The first kappa shape index (κ1) is 13.2. The highest BCUT2D eigenvalue weighted by Crippen LogP contribution is 2.30. The molecule has 1 aliphatic rings. The van der Waals surface area contributed by atoms with Gasteiger partial charge in [0.15, 0.2) is 0 Å². The molecule has 96 valence electrons. The highest BCUT2D eigenvalue weighted by atomic mass is 32.2. The molecular formula is C13H16N2O2S. The number of hydrogen-bond acceptors (Lipinski definition) is 5. The number of hydrogen-bond donors (Lipinski definition) is 1. The SMILES string of the molecule is CSc1cccc(N2CCOCC2CO)c1C#N. The molecule has 2 rings (SSSR count). The van der Waals surface area contributed by atoms with Gasteiger partial charge in [0, 0.05) is 11.4 Å². The summed E-state index contributed by atoms with van der Waals surface area (Å²) in [6.07, 6.45) is 1.96. The minimum absolute atomic E-state index is 0.0361. The Morgan fingerprint density at radius 2 is 2.44 bits per heavy atom. The van der Waals surface area contributed by atoms with Crippen LogP contribution < -0.4 is 4.90 Å². The Labute approximate surface area is 111 Å². The summed E-state index contributed by atoms with van der Waals surface area (Å²) in [6, 6.07) is 8.04. The van der Waals surface area contributed by atoms with E-state index in [9.17, 15) is 10.4 Å². The van der Waals surface area contributed by atoms with Gasteiger partial charge in [0.2, 0.25) is 0 Å². The van der Waals surface area contributed by atoms with E-state index in [4.69, 9.17) is 4.74 Å². The van der Waals surface area contributed by atoms with E-state index in [-0.39, 0.29) is 12.6 Å². The first-order chi connectivity index (χ1) is 8.81. The second-order valence-corrected chi connectivity index (χ2v) is 4.92. The molecule has 1 atom stereocenters. The lowest BCUT2D eigenvalue weighted by Crippen LogP contribution is -2.48. The maximum atomic E-state index is 9.40. The molecule has 0 radical (unpaired) electrons. The summed E-state index contributed by atoms with van der Waals surface area (Å²) in [5.41, 5.74) is 1.58. The molecule has 1 unspecified atom stereocenters. The number of nitrogens with zero attached hydrogens (tertiary/aromatic N) is 2. The summed E-state index contributed by atoms with van der Waals surface area (Å²) in [4.78, 5) is 3.04. The zero-order valence-electron chi connectivity index (χ0n) is 10.3. The first-order valence-electron chi connectivity index (χ1n) is 5.84. The van der Waals surface area contributed by atoms with Crippen LogP contribution in [-0.2, 0) is 4.74 Å². The van der Waals surface area contributed by atoms with E-state index in [1.807, 2.05) is 24.5 Å². The number of ether oxygens (including phenoxy) is 1. The summed E-state index contributed by atoms with van der Waals surface area (Å²) in [5, 5.41) is 18.7. The van der Waals surface area contributed by atoms with E-state index in [0.29, 0.717) is 25.3 Å². The molecule has 0 saturated carbocycles. The number of morpholine rings is 1. The van der Waals surface area contributed by atoms with Crippen LogP contribution in [0.25, 0.3) is 0 Å². The molecule has 0 spiro atoms. The van der Waals surface area contributed by atoms with Crippen molar-refractivity contribution in [2.75, 3.05) is 37.5 Å². The van der Waals surface area contributed by atoms with Crippen molar-refractivity contribution in [3.8, 4) is 6.07 Å². The Kier molecular flexibility index (Phi) is 4.48. The summed E-state index contributed by atoms with van der Waals surface area (Å²) < 4.78 is 5.37. The highest BCUT2D eigenvalue weighted by molar-refractivity contribution is 7.98. The minimum atomic E-state index is -0.0667. The zero-order valence-corrected chi connectivity index (χ0v) is 11.1. The van der Waals surface area contributed by atoms with E-state index >= 15 is 0 Å². The predicted molar refractivity (Wildman–Crippen MR) is 72.0 cm³/mol. The summed E-state index contributed by atoms with van der Waals surface area (Å²) in [7, 11) is 0. The van der Waals surface area contributed by atoms with Crippen molar-refractivity contribution in [2.45, 2.75) is 10.9 Å². The Morgan fingerprint density at radius 3 is 3.11 bits per heavy atom. The van der Waals surface area contributed by atoms with E-state index in [1.54, 1.807) is 11.8 Å². The third-order valence-corrected chi connectivity index (χ3v) is 3.86. The van der Waals surface area contributed by atoms with Gasteiger partial charge in [-0.05, 0) is 18.4 Å². The van der Waals surface area contributed by atoms with Crippen LogP contribution in [0.2, 0.25) is 0 Å². The van der Waals surface area contributed by atoms with Gasteiger partial charge in [-0.1, -0.05) is 6.07 Å². The van der Waals surface area contributed by atoms with Gasteiger partial charge in [0.05, 0.1) is 37.1 Å². The molecule has 0 aromatic heterocycles. The van der Waals surface area contributed by atoms with Gasteiger partial charge >= 0.3 is 0 Å². The summed E-state index contributed by atoms with van der Waals surface area (Å²) >= 11 is 1.56. The van der Waals surface area contributed by atoms with Crippen molar-refractivity contribution >= 4 is 17.4 Å². The van der Waals surface area contributed by atoms with Gasteiger partial charge in [-0.3, -0.25) is 0 Å². The molecule has 1 aliphatic heterocycles.